The largest absolute Gasteiger partial charge is 0.478 e. The maximum Gasteiger partial charge on any atom is 0.329 e. The van der Waals surface area contributed by atoms with Gasteiger partial charge in [-0.25, -0.2) is 4.79 Å². The standard InChI is InChI=1S/C8H13NO2S/c10-8(11)3-4-9-6-7-2-1-5-12-7/h3-4,7,9H,1-2,5-6H2,(H,10,11)/b4-3+. The zero-order chi connectivity index (χ0) is 8.81. The molecular weight excluding hydrogens is 174 g/mol. The van der Waals surface area contributed by atoms with E-state index in [4.69, 9.17) is 5.11 Å². The lowest BCUT2D eigenvalue weighted by molar-refractivity contribution is -0.131. The lowest BCUT2D eigenvalue weighted by Crippen LogP contribution is -2.17. The van der Waals surface area contributed by atoms with Gasteiger partial charge in [-0.3, -0.25) is 0 Å². The van der Waals surface area contributed by atoms with Crippen molar-refractivity contribution >= 4 is 17.7 Å². The average molecular weight is 187 g/mol. The van der Waals surface area contributed by atoms with Gasteiger partial charge in [0.25, 0.3) is 0 Å². The highest BCUT2D eigenvalue weighted by atomic mass is 32.2. The first kappa shape index (κ1) is 9.45. The van der Waals surface area contributed by atoms with Gasteiger partial charge in [0.15, 0.2) is 0 Å². The minimum Gasteiger partial charge on any atom is -0.478 e. The molecule has 1 aliphatic rings. The number of carboxylic acid groups (broad SMARTS) is 1. The zero-order valence-corrected chi connectivity index (χ0v) is 7.64. The van der Waals surface area contributed by atoms with Crippen molar-refractivity contribution in [3.8, 4) is 0 Å². The summed E-state index contributed by atoms with van der Waals surface area (Å²) < 4.78 is 0. The molecule has 0 bridgehead atoms. The molecule has 4 heteroatoms. The fourth-order valence-corrected chi connectivity index (χ4v) is 2.35. The van der Waals surface area contributed by atoms with Crippen LogP contribution >= 0.6 is 11.8 Å². The van der Waals surface area contributed by atoms with Gasteiger partial charge >= 0.3 is 5.97 Å². The molecule has 12 heavy (non-hydrogen) atoms. The summed E-state index contributed by atoms with van der Waals surface area (Å²) in [6.45, 7) is 0.883. The van der Waals surface area contributed by atoms with Gasteiger partial charge in [0.1, 0.15) is 0 Å². The van der Waals surface area contributed by atoms with Crippen molar-refractivity contribution in [1.29, 1.82) is 0 Å². The normalized spacial score (nSPS) is 23.2. The number of thioether (sulfide) groups is 1. The van der Waals surface area contributed by atoms with Crippen LogP contribution in [0.25, 0.3) is 0 Å². The predicted octanol–water partition coefficient (Wildman–Crippen LogP) is 1.07. The Labute approximate surface area is 76.2 Å². The van der Waals surface area contributed by atoms with Crippen LogP contribution in [-0.4, -0.2) is 28.6 Å². The Hall–Kier alpha value is -0.640. The number of hydrogen-bond acceptors (Lipinski definition) is 3. The lowest BCUT2D eigenvalue weighted by Gasteiger charge is -2.06. The van der Waals surface area contributed by atoms with Crippen LogP contribution in [0.4, 0.5) is 0 Å². The van der Waals surface area contributed by atoms with Gasteiger partial charge in [-0.05, 0) is 18.6 Å². The van der Waals surface area contributed by atoms with E-state index in [9.17, 15) is 4.79 Å². The number of nitrogens with one attached hydrogen (secondary N) is 1. The predicted molar refractivity (Wildman–Crippen MR) is 50.3 cm³/mol. The van der Waals surface area contributed by atoms with E-state index in [0.717, 1.165) is 12.6 Å². The van der Waals surface area contributed by atoms with Crippen LogP contribution in [0, 0.1) is 0 Å². The third-order valence-corrected chi connectivity index (χ3v) is 3.11. The summed E-state index contributed by atoms with van der Waals surface area (Å²) in [6, 6.07) is 0. The lowest BCUT2D eigenvalue weighted by atomic mass is 10.2. The van der Waals surface area contributed by atoms with Gasteiger partial charge in [-0.1, -0.05) is 0 Å². The van der Waals surface area contributed by atoms with Crippen LogP contribution in [0.5, 0.6) is 0 Å². The summed E-state index contributed by atoms with van der Waals surface area (Å²) in [5.74, 6) is 0.344. The molecule has 0 aliphatic carbocycles. The van der Waals surface area contributed by atoms with Gasteiger partial charge in [-0.15, -0.1) is 0 Å². The molecule has 1 atom stereocenters. The van der Waals surface area contributed by atoms with E-state index in [1.165, 1.54) is 24.8 Å². The van der Waals surface area contributed by atoms with Gasteiger partial charge in [0.05, 0.1) is 0 Å². The van der Waals surface area contributed by atoms with Gasteiger partial charge in [0, 0.05) is 24.1 Å². The van der Waals surface area contributed by atoms with Gasteiger partial charge in [-0.2, -0.15) is 11.8 Å². The quantitative estimate of drug-likeness (QED) is 0.646. The molecule has 1 rings (SSSR count). The van der Waals surface area contributed by atoms with Crippen LogP contribution in [-0.2, 0) is 4.79 Å². The van der Waals surface area contributed by atoms with Crippen molar-refractivity contribution in [3.05, 3.63) is 12.3 Å². The van der Waals surface area contributed by atoms with E-state index in [1.54, 1.807) is 0 Å². The molecule has 0 spiro atoms. The van der Waals surface area contributed by atoms with Crippen LogP contribution in [0.3, 0.4) is 0 Å². The van der Waals surface area contributed by atoms with Crippen molar-refractivity contribution in [2.75, 3.05) is 12.3 Å². The highest BCUT2D eigenvalue weighted by Gasteiger charge is 2.13. The molecule has 1 fully saturated rings. The highest BCUT2D eigenvalue weighted by Crippen LogP contribution is 2.24. The molecule has 1 heterocycles. The third kappa shape index (κ3) is 3.67. The van der Waals surface area contributed by atoms with E-state index in [2.05, 4.69) is 5.32 Å². The zero-order valence-electron chi connectivity index (χ0n) is 6.82. The van der Waals surface area contributed by atoms with Crippen molar-refractivity contribution in [1.82, 2.24) is 5.32 Å². The molecule has 0 radical (unpaired) electrons. The second-order valence-corrected chi connectivity index (χ2v) is 4.12. The number of hydrogen-bond donors (Lipinski definition) is 2. The van der Waals surface area contributed by atoms with Crippen LogP contribution in [0.1, 0.15) is 12.8 Å². The van der Waals surface area contributed by atoms with E-state index in [-0.39, 0.29) is 0 Å². The summed E-state index contributed by atoms with van der Waals surface area (Å²) >= 11 is 1.96. The molecule has 1 unspecified atom stereocenters. The smallest absolute Gasteiger partial charge is 0.329 e. The molecule has 0 aromatic carbocycles. The molecule has 3 nitrogen and oxygen atoms in total. The van der Waals surface area contributed by atoms with E-state index >= 15 is 0 Å². The molecule has 0 aromatic rings. The second-order valence-electron chi connectivity index (χ2n) is 2.71. The maximum absolute atomic E-state index is 10.1. The fourth-order valence-electron chi connectivity index (χ4n) is 1.14. The molecule has 0 aromatic heterocycles. The van der Waals surface area contributed by atoms with Crippen molar-refractivity contribution in [2.45, 2.75) is 18.1 Å². The highest BCUT2D eigenvalue weighted by molar-refractivity contribution is 8.00. The van der Waals surface area contributed by atoms with Crippen LogP contribution < -0.4 is 5.32 Å². The second kappa shape index (κ2) is 5.09. The molecule has 2 N–H and O–H groups in total. The molecule has 68 valence electrons. The van der Waals surface area contributed by atoms with E-state index < -0.39 is 5.97 Å². The Kier molecular flexibility index (Phi) is 4.00. The van der Waals surface area contributed by atoms with Crippen LogP contribution in [0.15, 0.2) is 12.3 Å². The third-order valence-electron chi connectivity index (χ3n) is 1.71. The number of aliphatic carboxylic acids is 1. The van der Waals surface area contributed by atoms with E-state index in [0.29, 0.717) is 5.25 Å². The number of carbonyl (C=O) groups is 1. The Morgan fingerprint density at radius 3 is 3.17 bits per heavy atom. The minimum absolute atomic E-state index is 0.670. The maximum atomic E-state index is 10.1. The molecule has 1 saturated heterocycles. The van der Waals surface area contributed by atoms with Crippen molar-refractivity contribution < 1.29 is 9.90 Å². The number of rotatable bonds is 4. The first-order valence-corrected chi connectivity index (χ1v) is 5.08. The van der Waals surface area contributed by atoms with Crippen LogP contribution in [0.2, 0.25) is 0 Å². The Bertz CT molecular complexity index is 176. The monoisotopic (exact) mass is 187 g/mol. The average Bonchev–Trinajstić information content (AvgIpc) is 2.49. The Morgan fingerprint density at radius 1 is 1.75 bits per heavy atom. The summed E-state index contributed by atoms with van der Waals surface area (Å²) in [6.07, 6.45) is 5.17. The first-order valence-electron chi connectivity index (χ1n) is 4.03. The summed E-state index contributed by atoms with van der Waals surface area (Å²) in [4.78, 5) is 10.1. The summed E-state index contributed by atoms with van der Waals surface area (Å²) in [7, 11) is 0. The fraction of sp³-hybridized carbons (Fsp3) is 0.625. The van der Waals surface area contributed by atoms with Crippen molar-refractivity contribution in [3.63, 3.8) is 0 Å². The molecule has 1 aliphatic heterocycles. The van der Waals surface area contributed by atoms with Gasteiger partial charge < -0.3 is 10.4 Å². The summed E-state index contributed by atoms with van der Waals surface area (Å²) in [5.41, 5.74) is 0. The number of carboxylic acids is 1. The minimum atomic E-state index is -0.901. The van der Waals surface area contributed by atoms with Gasteiger partial charge in [0.2, 0.25) is 0 Å². The SMILES string of the molecule is O=C(O)/C=C/NCC1CCCS1. The van der Waals surface area contributed by atoms with Crippen molar-refractivity contribution in [2.24, 2.45) is 0 Å². The molecule has 0 amide bonds. The first-order chi connectivity index (χ1) is 5.79. The van der Waals surface area contributed by atoms with E-state index in [1.807, 2.05) is 11.8 Å². The molecule has 0 saturated carbocycles. The molecular formula is C8H13NO2S. The topological polar surface area (TPSA) is 49.3 Å². The Balaban J connectivity index is 2.05. The Morgan fingerprint density at radius 2 is 2.58 bits per heavy atom. The summed E-state index contributed by atoms with van der Waals surface area (Å²) in [5, 5.41) is 11.9.